The standard InChI is InChI=1S/C18H20N4O/c1-13(15-7-4-3-5-8-15)20-18-11-17(21-14(2)22-18)19-12-16-9-6-10-23-16/h3-11,13H,12H2,1-2H3,(H2,19,20,21,22). The largest absolute Gasteiger partial charge is 0.467 e. The number of hydrogen-bond donors (Lipinski definition) is 2. The average molecular weight is 308 g/mol. The molecule has 2 heterocycles. The topological polar surface area (TPSA) is 63.0 Å². The summed E-state index contributed by atoms with van der Waals surface area (Å²) in [5, 5.41) is 6.67. The van der Waals surface area contributed by atoms with Gasteiger partial charge in [-0.3, -0.25) is 0 Å². The molecule has 0 spiro atoms. The van der Waals surface area contributed by atoms with Gasteiger partial charge in [0, 0.05) is 12.1 Å². The third-order valence-electron chi connectivity index (χ3n) is 3.53. The van der Waals surface area contributed by atoms with Crippen molar-refractivity contribution in [1.82, 2.24) is 9.97 Å². The van der Waals surface area contributed by atoms with Crippen LogP contribution in [0.3, 0.4) is 0 Å². The van der Waals surface area contributed by atoms with Crippen molar-refractivity contribution in [2.24, 2.45) is 0 Å². The SMILES string of the molecule is Cc1nc(NCc2ccco2)cc(NC(C)c2ccccc2)n1. The molecule has 0 bridgehead atoms. The molecule has 0 aliphatic carbocycles. The van der Waals surface area contributed by atoms with Crippen LogP contribution in [0.1, 0.15) is 30.1 Å². The van der Waals surface area contributed by atoms with Gasteiger partial charge >= 0.3 is 0 Å². The number of aryl methyl sites for hydroxylation is 1. The zero-order chi connectivity index (χ0) is 16.1. The van der Waals surface area contributed by atoms with Crippen molar-refractivity contribution in [2.45, 2.75) is 26.4 Å². The van der Waals surface area contributed by atoms with E-state index in [1.165, 1.54) is 5.56 Å². The van der Waals surface area contributed by atoms with E-state index in [-0.39, 0.29) is 6.04 Å². The molecule has 0 saturated heterocycles. The Kier molecular flexibility index (Phi) is 4.57. The van der Waals surface area contributed by atoms with E-state index in [1.54, 1.807) is 6.26 Å². The zero-order valence-corrected chi connectivity index (χ0v) is 13.3. The van der Waals surface area contributed by atoms with Crippen LogP contribution in [-0.4, -0.2) is 9.97 Å². The molecule has 1 unspecified atom stereocenters. The Hall–Kier alpha value is -2.82. The average Bonchev–Trinajstić information content (AvgIpc) is 3.07. The molecule has 2 N–H and O–H groups in total. The van der Waals surface area contributed by atoms with Crippen molar-refractivity contribution in [3.63, 3.8) is 0 Å². The van der Waals surface area contributed by atoms with Crippen molar-refractivity contribution in [3.8, 4) is 0 Å². The van der Waals surface area contributed by atoms with Gasteiger partial charge in [-0.2, -0.15) is 0 Å². The summed E-state index contributed by atoms with van der Waals surface area (Å²) in [4.78, 5) is 8.87. The van der Waals surface area contributed by atoms with Crippen molar-refractivity contribution in [2.75, 3.05) is 10.6 Å². The third-order valence-corrected chi connectivity index (χ3v) is 3.53. The minimum atomic E-state index is 0.170. The Labute approximate surface area is 135 Å². The van der Waals surface area contributed by atoms with Crippen LogP contribution >= 0.6 is 0 Å². The first-order valence-electron chi connectivity index (χ1n) is 7.64. The van der Waals surface area contributed by atoms with Crippen LogP contribution in [-0.2, 0) is 6.54 Å². The molecule has 3 rings (SSSR count). The summed E-state index contributed by atoms with van der Waals surface area (Å²) < 4.78 is 5.32. The predicted octanol–water partition coefficient (Wildman–Crippen LogP) is 4.16. The molecule has 0 aliphatic heterocycles. The molecule has 3 aromatic rings. The molecule has 23 heavy (non-hydrogen) atoms. The Balaban J connectivity index is 1.70. The van der Waals surface area contributed by atoms with E-state index in [0.29, 0.717) is 6.54 Å². The summed E-state index contributed by atoms with van der Waals surface area (Å²) in [5.41, 5.74) is 1.22. The first kappa shape index (κ1) is 15.1. The highest BCUT2D eigenvalue weighted by Crippen LogP contribution is 2.19. The van der Waals surface area contributed by atoms with Crippen LogP contribution in [0, 0.1) is 6.92 Å². The van der Waals surface area contributed by atoms with Crippen molar-refractivity contribution in [3.05, 3.63) is 71.9 Å². The Morgan fingerprint density at radius 2 is 1.83 bits per heavy atom. The molecular weight excluding hydrogens is 288 g/mol. The fourth-order valence-electron chi connectivity index (χ4n) is 2.37. The van der Waals surface area contributed by atoms with Crippen LogP contribution < -0.4 is 10.6 Å². The highest BCUT2D eigenvalue weighted by atomic mass is 16.3. The summed E-state index contributed by atoms with van der Waals surface area (Å²) in [6.45, 7) is 4.59. The van der Waals surface area contributed by atoms with Crippen LogP contribution in [0.25, 0.3) is 0 Å². The molecular formula is C18H20N4O. The quantitative estimate of drug-likeness (QED) is 0.716. The molecule has 2 aromatic heterocycles. The van der Waals surface area contributed by atoms with E-state index < -0.39 is 0 Å². The molecule has 1 aromatic carbocycles. The second kappa shape index (κ2) is 6.96. The van der Waals surface area contributed by atoms with Crippen molar-refractivity contribution >= 4 is 11.6 Å². The summed E-state index contributed by atoms with van der Waals surface area (Å²) >= 11 is 0. The van der Waals surface area contributed by atoms with E-state index in [0.717, 1.165) is 23.2 Å². The number of nitrogens with zero attached hydrogens (tertiary/aromatic N) is 2. The molecule has 0 saturated carbocycles. The van der Waals surface area contributed by atoms with Gasteiger partial charge in [0.25, 0.3) is 0 Å². The molecule has 0 radical (unpaired) electrons. The maximum atomic E-state index is 5.32. The van der Waals surface area contributed by atoms with Gasteiger partial charge in [-0.1, -0.05) is 30.3 Å². The van der Waals surface area contributed by atoms with Gasteiger partial charge in [0.05, 0.1) is 12.8 Å². The lowest BCUT2D eigenvalue weighted by Gasteiger charge is -2.16. The number of nitrogens with one attached hydrogen (secondary N) is 2. The lowest BCUT2D eigenvalue weighted by molar-refractivity contribution is 0.518. The normalized spacial score (nSPS) is 11.9. The third kappa shape index (κ3) is 4.10. The molecule has 1 atom stereocenters. The number of rotatable bonds is 6. The van der Waals surface area contributed by atoms with E-state index in [4.69, 9.17) is 4.42 Å². The first-order chi connectivity index (χ1) is 11.2. The minimum Gasteiger partial charge on any atom is -0.467 e. The molecule has 5 heteroatoms. The molecule has 5 nitrogen and oxygen atoms in total. The van der Waals surface area contributed by atoms with E-state index in [9.17, 15) is 0 Å². The summed E-state index contributed by atoms with van der Waals surface area (Å²) in [7, 11) is 0. The summed E-state index contributed by atoms with van der Waals surface area (Å²) in [6, 6.07) is 16.2. The number of benzene rings is 1. The maximum absolute atomic E-state index is 5.32. The summed E-state index contributed by atoms with van der Waals surface area (Å²) in [5.74, 6) is 3.16. The number of anilines is 2. The Bertz CT molecular complexity index is 741. The highest BCUT2D eigenvalue weighted by Gasteiger charge is 2.08. The monoisotopic (exact) mass is 308 g/mol. The Morgan fingerprint density at radius 1 is 1.04 bits per heavy atom. The van der Waals surface area contributed by atoms with Crippen molar-refractivity contribution < 1.29 is 4.42 Å². The van der Waals surface area contributed by atoms with Gasteiger partial charge in [0.2, 0.25) is 0 Å². The molecule has 0 amide bonds. The second-order valence-electron chi connectivity index (χ2n) is 5.40. The minimum absolute atomic E-state index is 0.170. The van der Waals surface area contributed by atoms with Crippen LogP contribution in [0.4, 0.5) is 11.6 Å². The van der Waals surface area contributed by atoms with Gasteiger partial charge in [-0.05, 0) is 31.5 Å². The van der Waals surface area contributed by atoms with Gasteiger partial charge in [-0.25, -0.2) is 9.97 Å². The fraction of sp³-hybridized carbons (Fsp3) is 0.222. The second-order valence-corrected chi connectivity index (χ2v) is 5.40. The lowest BCUT2D eigenvalue weighted by Crippen LogP contribution is -2.10. The smallest absolute Gasteiger partial charge is 0.132 e. The first-order valence-corrected chi connectivity index (χ1v) is 7.64. The van der Waals surface area contributed by atoms with Crippen molar-refractivity contribution in [1.29, 1.82) is 0 Å². The van der Waals surface area contributed by atoms with Gasteiger partial charge in [-0.15, -0.1) is 0 Å². The number of furan rings is 1. The maximum Gasteiger partial charge on any atom is 0.132 e. The van der Waals surface area contributed by atoms with Crippen LogP contribution in [0.2, 0.25) is 0 Å². The van der Waals surface area contributed by atoms with Gasteiger partial charge in [0.1, 0.15) is 23.2 Å². The number of aromatic nitrogens is 2. The molecule has 118 valence electrons. The molecule has 0 aliphatic rings. The predicted molar refractivity (Wildman–Crippen MR) is 91.3 cm³/mol. The van der Waals surface area contributed by atoms with Gasteiger partial charge in [0.15, 0.2) is 0 Å². The van der Waals surface area contributed by atoms with Crippen LogP contribution in [0.5, 0.6) is 0 Å². The lowest BCUT2D eigenvalue weighted by atomic mass is 10.1. The zero-order valence-electron chi connectivity index (χ0n) is 13.3. The number of hydrogen-bond acceptors (Lipinski definition) is 5. The Morgan fingerprint density at radius 3 is 2.57 bits per heavy atom. The van der Waals surface area contributed by atoms with E-state index in [2.05, 4.69) is 39.7 Å². The van der Waals surface area contributed by atoms with E-state index in [1.807, 2.05) is 43.3 Å². The summed E-state index contributed by atoms with van der Waals surface area (Å²) in [6.07, 6.45) is 1.66. The van der Waals surface area contributed by atoms with Crippen LogP contribution in [0.15, 0.2) is 59.2 Å². The molecule has 0 fully saturated rings. The van der Waals surface area contributed by atoms with E-state index >= 15 is 0 Å². The fourth-order valence-corrected chi connectivity index (χ4v) is 2.37. The highest BCUT2D eigenvalue weighted by molar-refractivity contribution is 5.48. The van der Waals surface area contributed by atoms with Gasteiger partial charge < -0.3 is 15.1 Å².